The summed E-state index contributed by atoms with van der Waals surface area (Å²) in [5.41, 5.74) is 2.23. The van der Waals surface area contributed by atoms with Gasteiger partial charge in [-0.1, -0.05) is 17.3 Å². The molecule has 0 unspecified atom stereocenters. The second-order valence-electron chi connectivity index (χ2n) is 5.39. The van der Waals surface area contributed by atoms with Gasteiger partial charge in [0.05, 0.1) is 12.2 Å². The van der Waals surface area contributed by atoms with E-state index in [0.717, 1.165) is 37.2 Å². The lowest BCUT2D eigenvalue weighted by atomic mass is 10.1. The molecule has 1 aromatic heterocycles. The molecule has 2 heterocycles. The van der Waals surface area contributed by atoms with Crippen LogP contribution in [0.2, 0.25) is 0 Å². The molecule has 1 aliphatic rings. The molecule has 0 aliphatic carbocycles. The van der Waals surface area contributed by atoms with E-state index in [9.17, 15) is 4.79 Å². The van der Waals surface area contributed by atoms with Crippen molar-refractivity contribution in [2.24, 2.45) is 0 Å². The Kier molecular flexibility index (Phi) is 3.96. The topological polar surface area (TPSA) is 71.8 Å². The van der Waals surface area contributed by atoms with Gasteiger partial charge in [0.25, 0.3) is 5.91 Å². The Balaban J connectivity index is 1.69. The third-order valence-electron chi connectivity index (χ3n) is 3.70. The normalized spacial score (nSPS) is 15.9. The van der Waals surface area contributed by atoms with E-state index in [1.54, 1.807) is 6.20 Å². The molecule has 1 amide bonds. The Morgan fingerprint density at radius 3 is 2.95 bits per heavy atom. The van der Waals surface area contributed by atoms with E-state index < -0.39 is 0 Å². The van der Waals surface area contributed by atoms with E-state index in [4.69, 9.17) is 0 Å². The van der Waals surface area contributed by atoms with Crippen molar-refractivity contribution in [2.45, 2.75) is 25.8 Å². The summed E-state index contributed by atoms with van der Waals surface area (Å²) in [6.45, 7) is 3.95. The summed E-state index contributed by atoms with van der Waals surface area (Å²) < 4.78 is 1.81. The van der Waals surface area contributed by atoms with Crippen LogP contribution in [0.3, 0.4) is 0 Å². The molecule has 2 N–H and O–H groups in total. The molecule has 6 nitrogen and oxygen atoms in total. The number of aromatic nitrogens is 3. The van der Waals surface area contributed by atoms with Crippen LogP contribution >= 0.6 is 0 Å². The highest BCUT2D eigenvalue weighted by molar-refractivity contribution is 6.02. The Hall–Kier alpha value is -2.21. The van der Waals surface area contributed by atoms with Gasteiger partial charge in [0.1, 0.15) is 0 Å². The second kappa shape index (κ2) is 6.05. The quantitative estimate of drug-likeness (QED) is 0.901. The lowest BCUT2D eigenvalue weighted by Gasteiger charge is -2.22. The molecule has 1 aromatic carbocycles. The van der Waals surface area contributed by atoms with Gasteiger partial charge in [-0.25, -0.2) is 4.68 Å². The van der Waals surface area contributed by atoms with Gasteiger partial charge >= 0.3 is 0 Å². The molecule has 6 heteroatoms. The first-order valence-corrected chi connectivity index (χ1v) is 7.23. The molecule has 3 rings (SSSR count). The average molecular weight is 285 g/mol. The predicted molar refractivity (Wildman–Crippen MR) is 80.3 cm³/mol. The van der Waals surface area contributed by atoms with Gasteiger partial charge in [-0.15, -0.1) is 5.10 Å². The summed E-state index contributed by atoms with van der Waals surface area (Å²) in [7, 11) is 0. The molecule has 0 radical (unpaired) electrons. The number of anilines is 1. The second-order valence-corrected chi connectivity index (χ2v) is 5.39. The van der Waals surface area contributed by atoms with Crippen molar-refractivity contribution in [1.82, 2.24) is 20.3 Å². The fraction of sp³-hybridized carbons (Fsp3) is 0.400. The number of hydrogen-bond acceptors (Lipinski definition) is 4. The van der Waals surface area contributed by atoms with E-state index in [1.807, 2.05) is 35.9 Å². The SMILES string of the molecule is Cc1cccc(NC(=O)c2cn(C3CCNCC3)nn2)c1. The summed E-state index contributed by atoms with van der Waals surface area (Å²) in [6, 6.07) is 8.02. The Morgan fingerprint density at radius 2 is 2.19 bits per heavy atom. The van der Waals surface area contributed by atoms with Crippen LogP contribution in [0, 0.1) is 6.92 Å². The largest absolute Gasteiger partial charge is 0.321 e. The maximum Gasteiger partial charge on any atom is 0.277 e. The first-order chi connectivity index (χ1) is 10.2. The number of nitrogens with one attached hydrogen (secondary N) is 2. The van der Waals surface area contributed by atoms with Gasteiger partial charge in [0.2, 0.25) is 0 Å². The first kappa shape index (κ1) is 13.8. The van der Waals surface area contributed by atoms with Crippen LogP contribution < -0.4 is 10.6 Å². The zero-order valence-corrected chi connectivity index (χ0v) is 12.0. The van der Waals surface area contributed by atoms with Crippen molar-refractivity contribution >= 4 is 11.6 Å². The first-order valence-electron chi connectivity index (χ1n) is 7.23. The van der Waals surface area contributed by atoms with Crippen LogP contribution in [-0.2, 0) is 0 Å². The van der Waals surface area contributed by atoms with Crippen LogP contribution in [0.1, 0.15) is 34.9 Å². The van der Waals surface area contributed by atoms with Crippen LogP contribution in [0.5, 0.6) is 0 Å². The molecule has 110 valence electrons. The summed E-state index contributed by atoms with van der Waals surface area (Å²) >= 11 is 0. The van der Waals surface area contributed by atoms with Gasteiger partial charge in [0.15, 0.2) is 5.69 Å². The number of carbonyl (C=O) groups excluding carboxylic acids is 1. The van der Waals surface area contributed by atoms with Crippen LogP contribution in [0.15, 0.2) is 30.5 Å². The molecule has 2 aromatic rings. The predicted octanol–water partition coefficient (Wildman–Crippen LogP) is 1.76. The monoisotopic (exact) mass is 285 g/mol. The highest BCUT2D eigenvalue weighted by Crippen LogP contribution is 2.17. The van der Waals surface area contributed by atoms with Gasteiger partial charge in [-0.3, -0.25) is 4.79 Å². The zero-order chi connectivity index (χ0) is 14.7. The minimum Gasteiger partial charge on any atom is -0.321 e. The molecular formula is C15H19N5O. The third kappa shape index (κ3) is 3.28. The van der Waals surface area contributed by atoms with Crippen LogP contribution in [0.25, 0.3) is 0 Å². The standard InChI is InChI=1S/C15H19N5O/c1-11-3-2-4-12(9-11)17-15(21)14-10-20(19-18-14)13-5-7-16-8-6-13/h2-4,9-10,13,16H,5-8H2,1H3,(H,17,21). The van der Waals surface area contributed by atoms with Crippen molar-refractivity contribution in [3.8, 4) is 0 Å². The maximum atomic E-state index is 12.2. The third-order valence-corrected chi connectivity index (χ3v) is 3.70. The Bertz CT molecular complexity index is 630. The number of nitrogens with zero attached hydrogens (tertiary/aromatic N) is 3. The van der Waals surface area contributed by atoms with E-state index in [2.05, 4.69) is 20.9 Å². The molecule has 1 saturated heterocycles. The lowest BCUT2D eigenvalue weighted by Crippen LogP contribution is -2.29. The van der Waals surface area contributed by atoms with Crippen molar-refractivity contribution in [1.29, 1.82) is 0 Å². The van der Waals surface area contributed by atoms with Crippen LogP contribution in [0.4, 0.5) is 5.69 Å². The lowest BCUT2D eigenvalue weighted by molar-refractivity contribution is 0.102. The van der Waals surface area contributed by atoms with Crippen molar-refractivity contribution in [3.05, 3.63) is 41.7 Å². The van der Waals surface area contributed by atoms with Gasteiger partial charge in [-0.05, 0) is 50.6 Å². The Morgan fingerprint density at radius 1 is 1.38 bits per heavy atom. The molecule has 0 saturated carbocycles. The number of carbonyl (C=O) groups is 1. The molecule has 0 atom stereocenters. The number of amides is 1. The fourth-order valence-corrected chi connectivity index (χ4v) is 2.55. The number of benzene rings is 1. The number of aryl methyl sites for hydroxylation is 1. The number of hydrogen-bond donors (Lipinski definition) is 2. The molecule has 1 fully saturated rings. The average Bonchev–Trinajstić information content (AvgIpc) is 2.98. The van der Waals surface area contributed by atoms with Gasteiger partial charge < -0.3 is 10.6 Å². The highest BCUT2D eigenvalue weighted by Gasteiger charge is 2.18. The molecule has 0 bridgehead atoms. The summed E-state index contributed by atoms with van der Waals surface area (Å²) in [4.78, 5) is 12.2. The van der Waals surface area contributed by atoms with Gasteiger partial charge in [0, 0.05) is 5.69 Å². The molecule has 0 spiro atoms. The van der Waals surface area contributed by atoms with E-state index in [1.165, 1.54) is 0 Å². The summed E-state index contributed by atoms with van der Waals surface area (Å²) in [5, 5.41) is 14.2. The number of rotatable bonds is 3. The van der Waals surface area contributed by atoms with E-state index in [-0.39, 0.29) is 5.91 Å². The molecule has 21 heavy (non-hydrogen) atoms. The molecular weight excluding hydrogens is 266 g/mol. The fourth-order valence-electron chi connectivity index (χ4n) is 2.55. The molecule has 1 aliphatic heterocycles. The zero-order valence-electron chi connectivity index (χ0n) is 12.0. The number of piperidine rings is 1. The van der Waals surface area contributed by atoms with E-state index >= 15 is 0 Å². The van der Waals surface area contributed by atoms with Crippen molar-refractivity contribution in [2.75, 3.05) is 18.4 Å². The van der Waals surface area contributed by atoms with Crippen LogP contribution in [-0.4, -0.2) is 34.0 Å². The summed E-state index contributed by atoms with van der Waals surface area (Å²) in [6.07, 6.45) is 3.77. The van der Waals surface area contributed by atoms with E-state index in [0.29, 0.717) is 11.7 Å². The van der Waals surface area contributed by atoms with Crippen molar-refractivity contribution < 1.29 is 4.79 Å². The highest BCUT2D eigenvalue weighted by atomic mass is 16.2. The van der Waals surface area contributed by atoms with Crippen molar-refractivity contribution in [3.63, 3.8) is 0 Å². The smallest absolute Gasteiger partial charge is 0.277 e. The summed E-state index contributed by atoms with van der Waals surface area (Å²) in [5.74, 6) is -0.221. The minimum atomic E-state index is -0.221. The Labute approximate surface area is 123 Å². The maximum absolute atomic E-state index is 12.2. The van der Waals surface area contributed by atoms with Gasteiger partial charge in [-0.2, -0.15) is 0 Å². The minimum absolute atomic E-state index is 0.221.